The van der Waals surface area contributed by atoms with Gasteiger partial charge < -0.3 is 11.1 Å². The molecule has 0 spiro atoms. The monoisotopic (exact) mass is 425 g/mol. The van der Waals surface area contributed by atoms with Crippen LogP contribution in [0.1, 0.15) is 12.8 Å². The number of sulfonamides is 1. The van der Waals surface area contributed by atoms with Crippen molar-refractivity contribution < 1.29 is 13.2 Å². The summed E-state index contributed by atoms with van der Waals surface area (Å²) in [5.74, 6) is -0.313. The predicted octanol–water partition coefficient (Wildman–Crippen LogP) is 1.35. The lowest BCUT2D eigenvalue weighted by atomic mass is 10.1. The number of nitrogens with one attached hydrogen (secondary N) is 2. The molecule has 4 N–H and O–H groups in total. The summed E-state index contributed by atoms with van der Waals surface area (Å²) in [5.41, 5.74) is 5.87. The molecule has 1 aromatic rings. The second kappa shape index (κ2) is 6.00. The molecule has 1 aliphatic rings. The molecule has 1 unspecified atom stereocenters. The maximum atomic E-state index is 12.4. The second-order valence-corrected chi connectivity index (χ2v) is 7.83. The zero-order valence-corrected chi connectivity index (χ0v) is 14.3. The molecule has 0 radical (unpaired) electrons. The summed E-state index contributed by atoms with van der Waals surface area (Å²) in [7, 11) is -3.87. The lowest BCUT2D eigenvalue weighted by molar-refractivity contribution is -0.124. The molecule has 0 aliphatic carbocycles. The van der Waals surface area contributed by atoms with Crippen LogP contribution < -0.4 is 15.8 Å². The number of halogens is 2. The molecule has 1 heterocycles. The van der Waals surface area contributed by atoms with Crippen molar-refractivity contribution in [3.05, 3.63) is 21.1 Å². The number of anilines is 1. The fraction of sp³-hybridized carbons (Fsp3) is 0.364. The van der Waals surface area contributed by atoms with Gasteiger partial charge >= 0.3 is 0 Å². The van der Waals surface area contributed by atoms with Gasteiger partial charge in [0.05, 0.1) is 5.69 Å². The molecular formula is C11H13Br2N3O3S. The minimum Gasteiger partial charge on any atom is -0.398 e. The summed E-state index contributed by atoms with van der Waals surface area (Å²) in [6.45, 7) is 0.571. The van der Waals surface area contributed by atoms with Crippen molar-refractivity contribution in [3.63, 3.8) is 0 Å². The summed E-state index contributed by atoms with van der Waals surface area (Å²) in [6.07, 6.45) is 1.20. The molecule has 0 aromatic heterocycles. The van der Waals surface area contributed by atoms with E-state index in [0.29, 0.717) is 21.9 Å². The van der Waals surface area contributed by atoms with Crippen molar-refractivity contribution in [2.24, 2.45) is 0 Å². The highest BCUT2D eigenvalue weighted by molar-refractivity contribution is 9.11. The van der Waals surface area contributed by atoms with E-state index in [0.717, 1.165) is 6.42 Å². The third-order valence-electron chi connectivity index (χ3n) is 2.89. The van der Waals surface area contributed by atoms with Crippen LogP contribution in [0.2, 0.25) is 0 Å². The number of amides is 1. The Kier molecular flexibility index (Phi) is 4.73. The van der Waals surface area contributed by atoms with Gasteiger partial charge in [0.1, 0.15) is 10.9 Å². The Bertz CT molecular complexity index is 625. The molecule has 1 saturated heterocycles. The number of hydrogen-bond donors (Lipinski definition) is 3. The van der Waals surface area contributed by atoms with E-state index in [9.17, 15) is 13.2 Å². The van der Waals surface area contributed by atoms with Crippen molar-refractivity contribution >= 4 is 53.5 Å². The Balaban J connectivity index is 2.33. The maximum absolute atomic E-state index is 12.4. The molecular weight excluding hydrogens is 414 g/mol. The van der Waals surface area contributed by atoms with Gasteiger partial charge in [0.25, 0.3) is 0 Å². The Labute approximate surface area is 133 Å². The molecule has 110 valence electrons. The van der Waals surface area contributed by atoms with E-state index in [2.05, 4.69) is 41.9 Å². The molecule has 1 fully saturated rings. The molecule has 9 heteroatoms. The first-order chi connectivity index (χ1) is 9.31. The van der Waals surface area contributed by atoms with Gasteiger partial charge in [-0.15, -0.1) is 0 Å². The van der Waals surface area contributed by atoms with Crippen LogP contribution in [0.15, 0.2) is 26.0 Å². The largest absolute Gasteiger partial charge is 0.398 e. The number of carbonyl (C=O) groups is 1. The summed E-state index contributed by atoms with van der Waals surface area (Å²) in [5, 5.41) is 2.63. The van der Waals surface area contributed by atoms with Gasteiger partial charge in [-0.25, -0.2) is 8.42 Å². The number of carbonyl (C=O) groups excluding carboxylic acids is 1. The van der Waals surface area contributed by atoms with Crippen LogP contribution in [0.4, 0.5) is 5.69 Å². The average Bonchev–Trinajstić information content (AvgIpc) is 2.30. The molecule has 1 aliphatic heterocycles. The second-order valence-electron chi connectivity index (χ2n) is 4.41. The number of nitrogen functional groups attached to an aromatic ring is 1. The van der Waals surface area contributed by atoms with Crippen LogP contribution in [-0.4, -0.2) is 26.9 Å². The SMILES string of the molecule is Nc1cc(Br)cc(Br)c1S(=O)(=O)NC1CCCNC1=O. The Morgan fingerprint density at radius 3 is 2.65 bits per heavy atom. The number of benzene rings is 1. The highest BCUT2D eigenvalue weighted by Gasteiger charge is 2.30. The molecule has 6 nitrogen and oxygen atoms in total. The van der Waals surface area contributed by atoms with Crippen molar-refractivity contribution in [2.45, 2.75) is 23.8 Å². The summed E-state index contributed by atoms with van der Waals surface area (Å²) >= 11 is 6.42. The lowest BCUT2D eigenvalue weighted by Gasteiger charge is -2.23. The minimum atomic E-state index is -3.87. The first-order valence-corrected chi connectivity index (χ1v) is 8.93. The maximum Gasteiger partial charge on any atom is 0.244 e. The minimum absolute atomic E-state index is 0.0564. The molecule has 20 heavy (non-hydrogen) atoms. The quantitative estimate of drug-likeness (QED) is 0.635. The van der Waals surface area contributed by atoms with Crippen LogP contribution in [0, 0.1) is 0 Å². The molecule has 2 rings (SSSR count). The predicted molar refractivity (Wildman–Crippen MR) is 82.6 cm³/mol. The first-order valence-electron chi connectivity index (χ1n) is 5.86. The van der Waals surface area contributed by atoms with Crippen LogP contribution in [0.25, 0.3) is 0 Å². The number of piperidine rings is 1. The molecule has 0 bridgehead atoms. The Morgan fingerprint density at radius 2 is 2.05 bits per heavy atom. The van der Waals surface area contributed by atoms with E-state index in [4.69, 9.17) is 5.73 Å². The van der Waals surface area contributed by atoms with Crippen molar-refractivity contribution in [2.75, 3.05) is 12.3 Å². The van der Waals surface area contributed by atoms with E-state index in [-0.39, 0.29) is 16.5 Å². The summed E-state index contributed by atoms with van der Waals surface area (Å²) in [4.78, 5) is 11.6. The van der Waals surface area contributed by atoms with Gasteiger partial charge in [-0.1, -0.05) is 15.9 Å². The fourth-order valence-corrected chi connectivity index (χ4v) is 5.29. The molecule has 0 saturated carbocycles. The van der Waals surface area contributed by atoms with Crippen LogP contribution in [0.5, 0.6) is 0 Å². The zero-order valence-electron chi connectivity index (χ0n) is 10.3. The van der Waals surface area contributed by atoms with Crippen molar-refractivity contribution in [1.82, 2.24) is 10.0 Å². The molecule has 1 amide bonds. The van der Waals surface area contributed by atoms with E-state index in [1.165, 1.54) is 6.07 Å². The molecule has 1 atom stereocenters. The van der Waals surface area contributed by atoms with Gasteiger partial charge in [0, 0.05) is 15.5 Å². The van der Waals surface area contributed by atoms with E-state index < -0.39 is 16.1 Å². The normalized spacial score (nSPS) is 19.7. The Morgan fingerprint density at radius 1 is 1.35 bits per heavy atom. The van der Waals surface area contributed by atoms with Gasteiger partial charge in [-0.2, -0.15) is 4.72 Å². The zero-order chi connectivity index (χ0) is 14.9. The van der Waals surface area contributed by atoms with Gasteiger partial charge in [-0.05, 0) is 40.9 Å². The Hall–Kier alpha value is -0.640. The van der Waals surface area contributed by atoms with Crippen LogP contribution in [0.3, 0.4) is 0 Å². The van der Waals surface area contributed by atoms with Crippen molar-refractivity contribution in [3.8, 4) is 0 Å². The van der Waals surface area contributed by atoms with E-state index >= 15 is 0 Å². The standard InChI is InChI=1S/C11H13Br2N3O3S/c12-6-4-7(13)10(8(14)5-6)20(18,19)16-9-2-1-3-15-11(9)17/h4-5,9,16H,1-3,14H2,(H,15,17). The summed E-state index contributed by atoms with van der Waals surface area (Å²) in [6, 6.07) is 2.33. The first kappa shape index (κ1) is 15.7. The van der Waals surface area contributed by atoms with Crippen molar-refractivity contribution in [1.29, 1.82) is 0 Å². The highest BCUT2D eigenvalue weighted by atomic mass is 79.9. The number of hydrogen-bond acceptors (Lipinski definition) is 4. The third-order valence-corrected chi connectivity index (χ3v) is 5.82. The van der Waals surface area contributed by atoms with Crippen LogP contribution >= 0.6 is 31.9 Å². The highest BCUT2D eigenvalue weighted by Crippen LogP contribution is 2.31. The average molecular weight is 427 g/mol. The third kappa shape index (κ3) is 3.33. The number of nitrogens with two attached hydrogens (primary N) is 1. The van der Waals surface area contributed by atoms with Gasteiger partial charge in [0.2, 0.25) is 15.9 Å². The topological polar surface area (TPSA) is 101 Å². The molecule has 1 aromatic carbocycles. The van der Waals surface area contributed by atoms with Crippen LogP contribution in [-0.2, 0) is 14.8 Å². The van der Waals surface area contributed by atoms with Gasteiger partial charge in [0.15, 0.2) is 0 Å². The van der Waals surface area contributed by atoms with Gasteiger partial charge in [-0.3, -0.25) is 4.79 Å². The lowest BCUT2D eigenvalue weighted by Crippen LogP contribution is -2.50. The fourth-order valence-electron chi connectivity index (χ4n) is 1.99. The number of rotatable bonds is 3. The van der Waals surface area contributed by atoms with E-state index in [1.807, 2.05) is 0 Å². The van der Waals surface area contributed by atoms with E-state index in [1.54, 1.807) is 6.07 Å². The smallest absolute Gasteiger partial charge is 0.244 e. The summed E-state index contributed by atoms with van der Waals surface area (Å²) < 4.78 is 28.2.